The Balaban J connectivity index is 2.56. The zero-order valence-electron chi connectivity index (χ0n) is 9.10. The van der Waals surface area contributed by atoms with Crippen molar-refractivity contribution in [2.45, 2.75) is 6.42 Å². The summed E-state index contributed by atoms with van der Waals surface area (Å²) in [4.78, 5) is 18.6. The fourth-order valence-electron chi connectivity index (χ4n) is 1.54. The molecule has 0 fully saturated rings. The lowest BCUT2D eigenvalue weighted by Crippen LogP contribution is -2.06. The molecule has 0 aliphatic carbocycles. The summed E-state index contributed by atoms with van der Waals surface area (Å²) in [7, 11) is 0. The van der Waals surface area contributed by atoms with Crippen LogP contribution in [-0.2, 0) is 11.2 Å². The number of carbonyl (C=O) groups is 1. The molecule has 0 spiro atoms. The van der Waals surface area contributed by atoms with Crippen LogP contribution in [0.25, 0.3) is 11.3 Å². The molecular formula is C12H8ClFN2O2. The molecular weight excluding hydrogens is 259 g/mol. The summed E-state index contributed by atoms with van der Waals surface area (Å²) in [6.07, 6.45) is 2.42. The van der Waals surface area contributed by atoms with Gasteiger partial charge in [0.15, 0.2) is 0 Å². The van der Waals surface area contributed by atoms with Gasteiger partial charge in [-0.1, -0.05) is 11.6 Å². The Hall–Kier alpha value is -2.01. The van der Waals surface area contributed by atoms with E-state index in [0.29, 0.717) is 5.02 Å². The normalized spacial score (nSPS) is 10.3. The Morgan fingerprint density at radius 2 is 2.06 bits per heavy atom. The van der Waals surface area contributed by atoms with E-state index in [1.165, 1.54) is 30.6 Å². The quantitative estimate of drug-likeness (QED) is 0.927. The fraction of sp³-hybridized carbons (Fsp3) is 0.0833. The number of benzene rings is 1. The van der Waals surface area contributed by atoms with E-state index in [0.717, 1.165) is 0 Å². The minimum Gasteiger partial charge on any atom is -0.481 e. The lowest BCUT2D eigenvalue weighted by Gasteiger charge is -2.07. The summed E-state index contributed by atoms with van der Waals surface area (Å²) in [6, 6.07) is 4.01. The summed E-state index contributed by atoms with van der Waals surface area (Å²) in [5, 5.41) is 9.12. The molecule has 92 valence electrons. The zero-order chi connectivity index (χ0) is 13.1. The molecule has 0 saturated heterocycles. The van der Waals surface area contributed by atoms with Crippen molar-refractivity contribution in [3.8, 4) is 11.3 Å². The van der Waals surface area contributed by atoms with Gasteiger partial charge in [-0.2, -0.15) is 0 Å². The van der Waals surface area contributed by atoms with Crippen molar-refractivity contribution in [2.75, 3.05) is 0 Å². The molecule has 0 radical (unpaired) electrons. The number of aliphatic carboxylic acids is 1. The van der Waals surface area contributed by atoms with Gasteiger partial charge in [0.1, 0.15) is 5.82 Å². The number of halogens is 2. The highest BCUT2D eigenvalue weighted by Crippen LogP contribution is 2.26. The predicted molar refractivity (Wildman–Crippen MR) is 63.8 cm³/mol. The lowest BCUT2D eigenvalue weighted by molar-refractivity contribution is -0.136. The molecule has 1 N–H and O–H groups in total. The van der Waals surface area contributed by atoms with E-state index >= 15 is 0 Å². The molecule has 1 aromatic carbocycles. The van der Waals surface area contributed by atoms with Crippen molar-refractivity contribution in [2.24, 2.45) is 0 Å². The van der Waals surface area contributed by atoms with Crippen molar-refractivity contribution in [1.82, 2.24) is 9.97 Å². The van der Waals surface area contributed by atoms with Crippen LogP contribution in [0.3, 0.4) is 0 Å². The molecule has 18 heavy (non-hydrogen) atoms. The van der Waals surface area contributed by atoms with Crippen molar-refractivity contribution in [3.05, 3.63) is 47.1 Å². The number of carboxylic acid groups (broad SMARTS) is 1. The molecule has 0 unspecified atom stereocenters. The van der Waals surface area contributed by atoms with Crippen LogP contribution in [0, 0.1) is 5.82 Å². The highest BCUT2D eigenvalue weighted by Gasteiger charge is 2.15. The topological polar surface area (TPSA) is 63.1 Å². The van der Waals surface area contributed by atoms with Crippen LogP contribution in [0.4, 0.5) is 4.39 Å². The SMILES string of the molecule is O=C(O)Cc1nccnc1-c1cc(Cl)ccc1F. The third-order valence-corrected chi connectivity index (χ3v) is 2.51. The number of rotatable bonds is 3. The molecule has 1 heterocycles. The summed E-state index contributed by atoms with van der Waals surface area (Å²) < 4.78 is 13.7. The van der Waals surface area contributed by atoms with Crippen LogP contribution in [-0.4, -0.2) is 21.0 Å². The molecule has 2 aromatic rings. The van der Waals surface area contributed by atoms with Gasteiger partial charge in [0.05, 0.1) is 17.8 Å². The van der Waals surface area contributed by atoms with Crippen molar-refractivity contribution in [1.29, 1.82) is 0 Å². The smallest absolute Gasteiger partial charge is 0.309 e. The number of hydrogen-bond donors (Lipinski definition) is 1. The Kier molecular flexibility index (Phi) is 3.53. The lowest BCUT2D eigenvalue weighted by atomic mass is 10.1. The number of carboxylic acids is 1. The molecule has 4 nitrogen and oxygen atoms in total. The largest absolute Gasteiger partial charge is 0.481 e. The van der Waals surface area contributed by atoms with Gasteiger partial charge in [0.25, 0.3) is 0 Å². The van der Waals surface area contributed by atoms with Gasteiger partial charge in [-0.05, 0) is 18.2 Å². The van der Waals surface area contributed by atoms with Crippen LogP contribution in [0.2, 0.25) is 5.02 Å². The minimum absolute atomic E-state index is 0.145. The third kappa shape index (κ3) is 2.62. The number of hydrogen-bond acceptors (Lipinski definition) is 3. The Labute approximate surface area is 107 Å². The molecule has 2 rings (SSSR count). The van der Waals surface area contributed by atoms with Gasteiger partial charge < -0.3 is 5.11 Å². The molecule has 0 aliphatic rings. The van der Waals surface area contributed by atoms with Gasteiger partial charge >= 0.3 is 5.97 Å². The van der Waals surface area contributed by atoms with E-state index in [1.54, 1.807) is 0 Å². The van der Waals surface area contributed by atoms with Gasteiger partial charge in [0.2, 0.25) is 0 Å². The van der Waals surface area contributed by atoms with E-state index in [9.17, 15) is 9.18 Å². The summed E-state index contributed by atoms with van der Waals surface area (Å²) in [6.45, 7) is 0. The average molecular weight is 267 g/mol. The summed E-state index contributed by atoms with van der Waals surface area (Å²) >= 11 is 5.79. The first-order chi connectivity index (χ1) is 8.58. The van der Waals surface area contributed by atoms with Gasteiger partial charge in [-0.15, -0.1) is 0 Å². The van der Waals surface area contributed by atoms with Crippen LogP contribution in [0.1, 0.15) is 5.69 Å². The van der Waals surface area contributed by atoms with Crippen molar-refractivity contribution < 1.29 is 14.3 Å². The minimum atomic E-state index is -1.06. The number of nitrogens with zero attached hydrogens (tertiary/aromatic N) is 2. The summed E-state index contributed by atoms with van der Waals surface area (Å²) in [5.41, 5.74) is 0.540. The molecule has 1 aromatic heterocycles. The summed E-state index contributed by atoms with van der Waals surface area (Å²) in [5.74, 6) is -1.58. The van der Waals surface area contributed by atoms with E-state index < -0.39 is 11.8 Å². The molecule has 0 atom stereocenters. The molecule has 0 aliphatic heterocycles. The number of aromatic nitrogens is 2. The third-order valence-electron chi connectivity index (χ3n) is 2.28. The first-order valence-corrected chi connectivity index (χ1v) is 5.43. The maximum Gasteiger partial charge on any atom is 0.309 e. The molecule has 6 heteroatoms. The van der Waals surface area contributed by atoms with Crippen molar-refractivity contribution in [3.63, 3.8) is 0 Å². The highest BCUT2D eigenvalue weighted by molar-refractivity contribution is 6.30. The van der Waals surface area contributed by atoms with Gasteiger partial charge in [0, 0.05) is 23.0 Å². The maximum absolute atomic E-state index is 13.7. The van der Waals surface area contributed by atoms with Crippen LogP contribution >= 0.6 is 11.6 Å². The van der Waals surface area contributed by atoms with Crippen LogP contribution in [0.15, 0.2) is 30.6 Å². The Bertz CT molecular complexity index is 604. The predicted octanol–water partition coefficient (Wildman–Crippen LogP) is 2.56. The zero-order valence-corrected chi connectivity index (χ0v) is 9.86. The van der Waals surface area contributed by atoms with Crippen LogP contribution < -0.4 is 0 Å². The first-order valence-electron chi connectivity index (χ1n) is 5.05. The maximum atomic E-state index is 13.7. The second-order valence-electron chi connectivity index (χ2n) is 3.55. The van der Waals surface area contributed by atoms with E-state index in [4.69, 9.17) is 16.7 Å². The monoisotopic (exact) mass is 266 g/mol. The molecule has 0 amide bonds. The first kappa shape index (κ1) is 12.4. The van der Waals surface area contributed by atoms with Gasteiger partial charge in [-0.3, -0.25) is 14.8 Å². The van der Waals surface area contributed by atoms with E-state index in [1.807, 2.05) is 0 Å². The second kappa shape index (κ2) is 5.10. The molecule has 0 saturated carbocycles. The fourth-order valence-corrected chi connectivity index (χ4v) is 1.72. The van der Waals surface area contributed by atoms with Crippen LogP contribution in [0.5, 0.6) is 0 Å². The Morgan fingerprint density at radius 1 is 1.33 bits per heavy atom. The average Bonchev–Trinajstić information content (AvgIpc) is 2.32. The Morgan fingerprint density at radius 3 is 2.78 bits per heavy atom. The van der Waals surface area contributed by atoms with Gasteiger partial charge in [-0.25, -0.2) is 4.39 Å². The van der Waals surface area contributed by atoms with E-state index in [-0.39, 0.29) is 23.4 Å². The second-order valence-corrected chi connectivity index (χ2v) is 3.98. The van der Waals surface area contributed by atoms with Crippen molar-refractivity contribution >= 4 is 17.6 Å². The highest BCUT2D eigenvalue weighted by atomic mass is 35.5. The standard InChI is InChI=1S/C12H8ClFN2O2/c13-7-1-2-9(14)8(5-7)12-10(6-11(17)18)15-3-4-16-12/h1-5H,6H2,(H,17,18). The van der Waals surface area contributed by atoms with E-state index in [2.05, 4.69) is 9.97 Å². The molecule has 0 bridgehead atoms.